The molecule has 1 atom stereocenters. The van der Waals surface area contributed by atoms with Crippen LogP contribution in [0, 0.1) is 0 Å². The van der Waals surface area contributed by atoms with Crippen LogP contribution in [0.15, 0.2) is 53.4 Å². The number of hydrogen-bond donors (Lipinski definition) is 2. The second kappa shape index (κ2) is 11.3. The summed E-state index contributed by atoms with van der Waals surface area (Å²) in [5.41, 5.74) is 1.44. The van der Waals surface area contributed by atoms with Crippen LogP contribution < -0.4 is 10.6 Å². The molecular formula is C22H26N2O4S. The molecule has 2 aromatic carbocycles. The predicted octanol–water partition coefficient (Wildman–Crippen LogP) is 4.72. The number of thioether (sulfide) groups is 1. The molecule has 154 valence electrons. The van der Waals surface area contributed by atoms with E-state index in [0.717, 1.165) is 11.3 Å². The van der Waals surface area contributed by atoms with Gasteiger partial charge in [0.2, 0.25) is 11.8 Å². The van der Waals surface area contributed by atoms with Gasteiger partial charge in [-0.3, -0.25) is 9.59 Å². The fraction of sp³-hybridized carbons (Fsp3) is 0.318. The lowest BCUT2D eigenvalue weighted by Gasteiger charge is -2.16. The van der Waals surface area contributed by atoms with Crippen molar-refractivity contribution in [2.45, 2.75) is 43.3 Å². The number of carbonyl (C=O) groups excluding carboxylic acids is 3. The van der Waals surface area contributed by atoms with E-state index >= 15 is 0 Å². The average molecular weight is 415 g/mol. The van der Waals surface area contributed by atoms with E-state index in [-0.39, 0.29) is 17.1 Å². The zero-order chi connectivity index (χ0) is 21.2. The maximum Gasteiger partial charge on any atom is 0.339 e. The first-order valence-electron chi connectivity index (χ1n) is 9.53. The minimum absolute atomic E-state index is 0.0288. The van der Waals surface area contributed by atoms with Crippen molar-refractivity contribution in [3.05, 3.63) is 54.1 Å². The van der Waals surface area contributed by atoms with E-state index in [4.69, 9.17) is 4.74 Å². The molecule has 0 aromatic heterocycles. The Bertz CT molecular complexity index is 869. The number of carbonyl (C=O) groups is 3. The van der Waals surface area contributed by atoms with Crippen molar-refractivity contribution >= 4 is 40.9 Å². The first kappa shape index (κ1) is 22.5. The first-order chi connectivity index (χ1) is 14.0. The minimum Gasteiger partial charge on any atom is -0.465 e. The van der Waals surface area contributed by atoms with Crippen LogP contribution in [0.25, 0.3) is 0 Å². The van der Waals surface area contributed by atoms with E-state index < -0.39 is 5.97 Å². The van der Waals surface area contributed by atoms with E-state index in [0.29, 0.717) is 29.8 Å². The van der Waals surface area contributed by atoms with Gasteiger partial charge < -0.3 is 15.4 Å². The molecule has 2 rings (SSSR count). The molecule has 0 saturated carbocycles. The van der Waals surface area contributed by atoms with Crippen molar-refractivity contribution in [2.24, 2.45) is 0 Å². The maximum atomic E-state index is 12.8. The molecule has 0 bridgehead atoms. The van der Waals surface area contributed by atoms with Crippen LogP contribution in [0.5, 0.6) is 0 Å². The Morgan fingerprint density at radius 1 is 1.03 bits per heavy atom. The topological polar surface area (TPSA) is 84.5 Å². The maximum absolute atomic E-state index is 12.8. The van der Waals surface area contributed by atoms with Crippen molar-refractivity contribution in [3.63, 3.8) is 0 Å². The smallest absolute Gasteiger partial charge is 0.339 e. The van der Waals surface area contributed by atoms with Gasteiger partial charge in [0.1, 0.15) is 0 Å². The van der Waals surface area contributed by atoms with Crippen LogP contribution in [-0.2, 0) is 14.3 Å². The third-order valence-electron chi connectivity index (χ3n) is 4.13. The zero-order valence-electron chi connectivity index (χ0n) is 16.9. The fourth-order valence-corrected chi connectivity index (χ4v) is 3.69. The van der Waals surface area contributed by atoms with Crippen molar-refractivity contribution in [3.8, 4) is 0 Å². The molecular weight excluding hydrogens is 388 g/mol. The Hall–Kier alpha value is -2.80. The number of anilines is 2. The quantitative estimate of drug-likeness (QED) is 0.458. The monoisotopic (exact) mass is 414 g/mol. The summed E-state index contributed by atoms with van der Waals surface area (Å²) >= 11 is 1.41. The molecule has 1 unspecified atom stereocenters. The van der Waals surface area contributed by atoms with Gasteiger partial charge in [0.25, 0.3) is 0 Å². The number of nitrogens with one attached hydrogen (secondary N) is 2. The van der Waals surface area contributed by atoms with Crippen LogP contribution in [-0.4, -0.2) is 30.1 Å². The molecule has 0 saturated heterocycles. The number of rotatable bonds is 9. The van der Waals surface area contributed by atoms with Crippen LogP contribution >= 0.6 is 11.8 Å². The molecule has 6 nitrogen and oxygen atoms in total. The fourth-order valence-electron chi connectivity index (χ4n) is 2.68. The Morgan fingerprint density at radius 3 is 2.48 bits per heavy atom. The molecule has 7 heteroatoms. The van der Waals surface area contributed by atoms with Gasteiger partial charge in [-0.1, -0.05) is 32.0 Å². The van der Waals surface area contributed by atoms with E-state index in [1.165, 1.54) is 18.9 Å². The predicted molar refractivity (Wildman–Crippen MR) is 116 cm³/mol. The van der Waals surface area contributed by atoms with E-state index in [9.17, 15) is 14.4 Å². The Balaban J connectivity index is 2.10. The molecule has 29 heavy (non-hydrogen) atoms. The van der Waals surface area contributed by atoms with Crippen molar-refractivity contribution < 1.29 is 19.1 Å². The highest BCUT2D eigenvalue weighted by Gasteiger charge is 2.21. The average Bonchev–Trinajstić information content (AvgIpc) is 2.72. The molecule has 0 heterocycles. The summed E-state index contributed by atoms with van der Waals surface area (Å²) in [5.74, 6) is -0.731. The standard InChI is InChI=1S/C22H26N2O4S/c1-4-9-20(25)23-15-10-8-11-16(14-15)29-19(5-2)21(26)24-18-13-7-6-12-17(18)22(27)28-3/h6-8,10-14,19H,4-5,9H2,1-3H3,(H,23,25)(H,24,26). The number of esters is 1. The first-order valence-corrected chi connectivity index (χ1v) is 10.4. The highest BCUT2D eigenvalue weighted by atomic mass is 32.2. The van der Waals surface area contributed by atoms with Crippen molar-refractivity contribution in [1.82, 2.24) is 0 Å². The van der Waals surface area contributed by atoms with E-state index in [1.54, 1.807) is 24.3 Å². The van der Waals surface area contributed by atoms with Gasteiger partial charge in [-0.25, -0.2) is 4.79 Å². The number of ether oxygens (including phenoxy) is 1. The molecule has 0 radical (unpaired) electrons. The van der Waals surface area contributed by atoms with Gasteiger partial charge in [0.05, 0.1) is 23.6 Å². The number of methoxy groups -OCH3 is 1. The number of amides is 2. The van der Waals surface area contributed by atoms with Gasteiger partial charge in [0.15, 0.2) is 0 Å². The molecule has 0 fully saturated rings. The van der Waals surface area contributed by atoms with Crippen molar-refractivity contribution in [2.75, 3.05) is 17.7 Å². The lowest BCUT2D eigenvalue weighted by molar-refractivity contribution is -0.116. The number of hydrogen-bond acceptors (Lipinski definition) is 5. The van der Waals surface area contributed by atoms with Gasteiger partial charge in [-0.05, 0) is 43.2 Å². The molecule has 0 aliphatic carbocycles. The summed E-state index contributed by atoms with van der Waals surface area (Å²) in [6.07, 6.45) is 1.85. The highest BCUT2D eigenvalue weighted by molar-refractivity contribution is 8.00. The van der Waals surface area contributed by atoms with Crippen molar-refractivity contribution in [1.29, 1.82) is 0 Å². The van der Waals surface area contributed by atoms with Crippen LogP contribution in [0.2, 0.25) is 0 Å². The zero-order valence-corrected chi connectivity index (χ0v) is 17.7. The normalized spacial score (nSPS) is 11.4. The van der Waals surface area contributed by atoms with Gasteiger partial charge >= 0.3 is 5.97 Å². The molecule has 2 aromatic rings. The summed E-state index contributed by atoms with van der Waals surface area (Å²) in [7, 11) is 1.30. The Kier molecular flexibility index (Phi) is 8.73. The third kappa shape index (κ3) is 6.64. The van der Waals surface area contributed by atoms with Crippen LogP contribution in [0.1, 0.15) is 43.5 Å². The number of benzene rings is 2. The lowest BCUT2D eigenvalue weighted by Crippen LogP contribution is -2.25. The lowest BCUT2D eigenvalue weighted by atomic mass is 10.1. The Labute approximate surface area is 175 Å². The van der Waals surface area contributed by atoms with Crippen LogP contribution in [0.3, 0.4) is 0 Å². The largest absolute Gasteiger partial charge is 0.465 e. The van der Waals surface area contributed by atoms with Gasteiger partial charge in [-0.2, -0.15) is 0 Å². The molecule has 2 amide bonds. The summed E-state index contributed by atoms with van der Waals surface area (Å²) < 4.78 is 4.77. The van der Waals surface area contributed by atoms with Gasteiger partial charge in [-0.15, -0.1) is 11.8 Å². The third-order valence-corrected chi connectivity index (χ3v) is 5.48. The summed E-state index contributed by atoms with van der Waals surface area (Å²) in [4.78, 5) is 37.4. The summed E-state index contributed by atoms with van der Waals surface area (Å²) in [5, 5.41) is 5.34. The molecule has 2 N–H and O–H groups in total. The molecule has 0 spiro atoms. The Morgan fingerprint density at radius 2 is 1.79 bits per heavy atom. The summed E-state index contributed by atoms with van der Waals surface area (Å²) in [6, 6.07) is 14.2. The second-order valence-corrected chi connectivity index (χ2v) is 7.64. The minimum atomic E-state index is -0.503. The van der Waals surface area contributed by atoms with E-state index in [2.05, 4.69) is 10.6 Å². The van der Waals surface area contributed by atoms with E-state index in [1.807, 2.05) is 38.1 Å². The number of para-hydroxylation sites is 1. The highest BCUT2D eigenvalue weighted by Crippen LogP contribution is 2.29. The molecule has 0 aliphatic rings. The SMILES string of the molecule is CCCC(=O)Nc1cccc(SC(CC)C(=O)Nc2ccccc2C(=O)OC)c1. The second-order valence-electron chi connectivity index (χ2n) is 6.37. The van der Waals surface area contributed by atoms with Gasteiger partial charge in [0, 0.05) is 17.0 Å². The van der Waals surface area contributed by atoms with Crippen LogP contribution in [0.4, 0.5) is 11.4 Å². The summed E-state index contributed by atoms with van der Waals surface area (Å²) in [6.45, 7) is 3.88. The molecule has 0 aliphatic heterocycles.